The van der Waals surface area contributed by atoms with Crippen molar-refractivity contribution in [3.8, 4) is 5.75 Å². The van der Waals surface area contributed by atoms with Crippen LogP contribution in [0.15, 0.2) is 22.7 Å². The number of nitrogen functional groups attached to an aromatic ring is 1. The molecule has 1 heterocycles. The topological polar surface area (TPSA) is 82.2 Å². The van der Waals surface area contributed by atoms with Crippen LogP contribution in [0.5, 0.6) is 5.75 Å². The number of nitrogens with two attached hydrogens (primary N) is 1. The molecule has 0 aliphatic rings. The van der Waals surface area contributed by atoms with Gasteiger partial charge < -0.3 is 4.74 Å². The maximum absolute atomic E-state index is 11.6. The first-order chi connectivity index (χ1) is 9.97. The molecule has 21 heavy (non-hydrogen) atoms. The number of amides is 1. The standard InChI is InChI=1S/C14H17BrN4O2/c1-8-13(15)9(2)19(18-8)7-11-6-10(14(20)17-16)4-5-12(11)21-3/h4-6H,7,16H2,1-3H3,(H,17,20). The van der Waals surface area contributed by atoms with Crippen LogP contribution in [0, 0.1) is 13.8 Å². The summed E-state index contributed by atoms with van der Waals surface area (Å²) in [6.07, 6.45) is 0. The number of nitrogens with zero attached hydrogens (tertiary/aromatic N) is 2. The molecule has 0 unspecified atom stereocenters. The van der Waals surface area contributed by atoms with Crippen molar-refractivity contribution in [2.45, 2.75) is 20.4 Å². The molecule has 0 atom stereocenters. The number of hydrogen-bond acceptors (Lipinski definition) is 4. The van der Waals surface area contributed by atoms with Gasteiger partial charge in [-0.05, 0) is 48.0 Å². The highest BCUT2D eigenvalue weighted by molar-refractivity contribution is 9.10. The average Bonchev–Trinajstić information content (AvgIpc) is 2.73. The third-order valence-corrected chi connectivity index (χ3v) is 4.43. The molecule has 0 radical (unpaired) electrons. The number of hydrogen-bond donors (Lipinski definition) is 2. The number of rotatable bonds is 4. The van der Waals surface area contributed by atoms with Crippen molar-refractivity contribution in [3.63, 3.8) is 0 Å². The van der Waals surface area contributed by atoms with Gasteiger partial charge in [0.2, 0.25) is 0 Å². The molecule has 2 rings (SSSR count). The number of aromatic nitrogens is 2. The molecule has 0 spiro atoms. The van der Waals surface area contributed by atoms with E-state index in [4.69, 9.17) is 10.6 Å². The Labute approximate surface area is 131 Å². The Morgan fingerprint density at radius 2 is 2.19 bits per heavy atom. The van der Waals surface area contributed by atoms with Gasteiger partial charge in [0.25, 0.3) is 5.91 Å². The van der Waals surface area contributed by atoms with E-state index in [-0.39, 0.29) is 5.91 Å². The van der Waals surface area contributed by atoms with Crippen molar-refractivity contribution in [3.05, 3.63) is 45.2 Å². The maximum atomic E-state index is 11.6. The van der Waals surface area contributed by atoms with E-state index < -0.39 is 0 Å². The SMILES string of the molecule is COc1ccc(C(=O)NN)cc1Cn1nc(C)c(Br)c1C. The van der Waals surface area contributed by atoms with Crippen molar-refractivity contribution in [2.75, 3.05) is 7.11 Å². The summed E-state index contributed by atoms with van der Waals surface area (Å²) in [7, 11) is 1.60. The van der Waals surface area contributed by atoms with E-state index in [0.717, 1.165) is 21.4 Å². The normalized spacial score (nSPS) is 10.5. The molecule has 6 nitrogen and oxygen atoms in total. The number of halogens is 1. The summed E-state index contributed by atoms with van der Waals surface area (Å²) in [5.41, 5.74) is 5.40. The van der Waals surface area contributed by atoms with E-state index in [1.807, 2.05) is 18.5 Å². The van der Waals surface area contributed by atoms with E-state index in [2.05, 4.69) is 26.5 Å². The first-order valence-corrected chi connectivity index (χ1v) is 7.14. The van der Waals surface area contributed by atoms with Gasteiger partial charge in [0, 0.05) is 11.1 Å². The largest absolute Gasteiger partial charge is 0.496 e. The van der Waals surface area contributed by atoms with Crippen molar-refractivity contribution in [1.82, 2.24) is 15.2 Å². The van der Waals surface area contributed by atoms with E-state index in [9.17, 15) is 4.79 Å². The Balaban J connectivity index is 2.41. The van der Waals surface area contributed by atoms with E-state index >= 15 is 0 Å². The molecule has 0 saturated heterocycles. The first kappa shape index (κ1) is 15.5. The van der Waals surface area contributed by atoms with Gasteiger partial charge in [0.05, 0.1) is 29.5 Å². The first-order valence-electron chi connectivity index (χ1n) is 6.35. The second kappa shape index (κ2) is 6.28. The van der Waals surface area contributed by atoms with Crippen molar-refractivity contribution in [1.29, 1.82) is 0 Å². The Kier molecular flexibility index (Phi) is 4.64. The van der Waals surface area contributed by atoms with Crippen LogP contribution in [0.1, 0.15) is 27.3 Å². The predicted octanol–water partition coefficient (Wildman–Crippen LogP) is 1.92. The molecule has 3 N–H and O–H groups in total. The van der Waals surface area contributed by atoms with Gasteiger partial charge in [0.1, 0.15) is 5.75 Å². The van der Waals surface area contributed by atoms with Crippen molar-refractivity contribution >= 4 is 21.8 Å². The summed E-state index contributed by atoms with van der Waals surface area (Å²) in [6.45, 7) is 4.42. The van der Waals surface area contributed by atoms with Crippen LogP contribution in [0.25, 0.3) is 0 Å². The molecule has 1 aromatic heterocycles. The number of hydrazine groups is 1. The lowest BCUT2D eigenvalue weighted by molar-refractivity contribution is 0.0953. The number of carbonyl (C=O) groups excluding carboxylic acids is 1. The Morgan fingerprint density at radius 3 is 2.71 bits per heavy atom. The Hall–Kier alpha value is -1.86. The van der Waals surface area contributed by atoms with Crippen LogP contribution in [-0.4, -0.2) is 22.8 Å². The molecule has 1 amide bonds. The van der Waals surface area contributed by atoms with Gasteiger partial charge >= 0.3 is 0 Å². The molecule has 7 heteroatoms. The monoisotopic (exact) mass is 352 g/mol. The molecular formula is C14H17BrN4O2. The molecule has 0 saturated carbocycles. The third-order valence-electron chi connectivity index (χ3n) is 3.29. The fourth-order valence-corrected chi connectivity index (χ4v) is 2.40. The number of benzene rings is 1. The van der Waals surface area contributed by atoms with Gasteiger partial charge in [-0.2, -0.15) is 5.10 Å². The minimum absolute atomic E-state index is 0.339. The number of methoxy groups -OCH3 is 1. The maximum Gasteiger partial charge on any atom is 0.265 e. The fourth-order valence-electron chi connectivity index (χ4n) is 2.12. The fraction of sp³-hybridized carbons (Fsp3) is 0.286. The molecule has 112 valence electrons. The quantitative estimate of drug-likeness (QED) is 0.500. The van der Waals surface area contributed by atoms with Gasteiger partial charge in [-0.25, -0.2) is 5.84 Å². The van der Waals surface area contributed by atoms with Crippen LogP contribution in [0.4, 0.5) is 0 Å². The van der Waals surface area contributed by atoms with Crippen molar-refractivity contribution in [2.24, 2.45) is 5.84 Å². The molecule has 0 aliphatic heterocycles. The molecule has 0 bridgehead atoms. The predicted molar refractivity (Wildman–Crippen MR) is 83.2 cm³/mol. The average molecular weight is 353 g/mol. The summed E-state index contributed by atoms with van der Waals surface area (Å²) in [6, 6.07) is 5.17. The van der Waals surface area contributed by atoms with Crippen LogP contribution < -0.4 is 16.0 Å². The lowest BCUT2D eigenvalue weighted by Crippen LogP contribution is -2.30. The number of nitrogens with one attached hydrogen (secondary N) is 1. The Bertz CT molecular complexity index is 682. The molecule has 0 fully saturated rings. The zero-order chi connectivity index (χ0) is 15.6. The van der Waals surface area contributed by atoms with Gasteiger partial charge in [-0.1, -0.05) is 0 Å². The van der Waals surface area contributed by atoms with Crippen LogP contribution in [0.2, 0.25) is 0 Å². The summed E-state index contributed by atoms with van der Waals surface area (Å²) < 4.78 is 8.19. The van der Waals surface area contributed by atoms with E-state index in [1.165, 1.54) is 0 Å². The number of carbonyl (C=O) groups is 1. The minimum Gasteiger partial charge on any atom is -0.496 e. The summed E-state index contributed by atoms with van der Waals surface area (Å²) in [4.78, 5) is 11.6. The number of ether oxygens (including phenoxy) is 1. The Morgan fingerprint density at radius 1 is 1.48 bits per heavy atom. The number of aryl methyl sites for hydroxylation is 1. The van der Waals surface area contributed by atoms with Crippen molar-refractivity contribution < 1.29 is 9.53 Å². The summed E-state index contributed by atoms with van der Waals surface area (Å²) in [5.74, 6) is 5.53. The molecule has 1 aromatic carbocycles. The lowest BCUT2D eigenvalue weighted by atomic mass is 10.1. The van der Waals surface area contributed by atoms with Gasteiger partial charge in [-0.15, -0.1) is 0 Å². The van der Waals surface area contributed by atoms with E-state index in [0.29, 0.717) is 17.9 Å². The lowest BCUT2D eigenvalue weighted by Gasteiger charge is -2.11. The zero-order valence-corrected chi connectivity index (χ0v) is 13.7. The van der Waals surface area contributed by atoms with Gasteiger partial charge in [-0.3, -0.25) is 14.9 Å². The molecule has 2 aromatic rings. The van der Waals surface area contributed by atoms with Crippen LogP contribution in [0.3, 0.4) is 0 Å². The summed E-state index contributed by atoms with van der Waals surface area (Å²) >= 11 is 3.50. The second-order valence-electron chi connectivity index (χ2n) is 4.64. The second-order valence-corrected chi connectivity index (χ2v) is 5.44. The zero-order valence-electron chi connectivity index (χ0n) is 12.1. The third kappa shape index (κ3) is 3.08. The highest BCUT2D eigenvalue weighted by atomic mass is 79.9. The van der Waals surface area contributed by atoms with Crippen LogP contribution >= 0.6 is 15.9 Å². The minimum atomic E-state index is -0.339. The van der Waals surface area contributed by atoms with Crippen LogP contribution in [-0.2, 0) is 6.54 Å². The molecule has 0 aliphatic carbocycles. The highest BCUT2D eigenvalue weighted by Crippen LogP contribution is 2.24. The molecular weight excluding hydrogens is 336 g/mol. The van der Waals surface area contributed by atoms with Gasteiger partial charge in [0.15, 0.2) is 0 Å². The summed E-state index contributed by atoms with van der Waals surface area (Å²) in [5, 5.41) is 4.46. The highest BCUT2D eigenvalue weighted by Gasteiger charge is 2.13. The van der Waals surface area contributed by atoms with E-state index in [1.54, 1.807) is 25.3 Å². The smallest absolute Gasteiger partial charge is 0.265 e.